The van der Waals surface area contributed by atoms with E-state index in [1.807, 2.05) is 0 Å². The van der Waals surface area contributed by atoms with Crippen molar-refractivity contribution >= 4 is 29.0 Å². The zero-order valence-corrected chi connectivity index (χ0v) is 13.4. The van der Waals surface area contributed by atoms with Gasteiger partial charge in [0.05, 0.1) is 13.2 Å². The molecule has 124 valence electrons. The predicted molar refractivity (Wildman–Crippen MR) is 86.8 cm³/mol. The molecule has 0 saturated carbocycles. The topological polar surface area (TPSA) is 98.9 Å². The monoisotopic (exact) mass is 347 g/mol. The van der Waals surface area contributed by atoms with Crippen LogP contribution in [0.2, 0.25) is 5.22 Å². The first-order valence-corrected chi connectivity index (χ1v) is 7.78. The third-order valence-electron chi connectivity index (χ3n) is 3.80. The molecule has 0 aliphatic carbocycles. The van der Waals surface area contributed by atoms with E-state index in [0.29, 0.717) is 54.9 Å². The Bertz CT molecular complexity index is 913. The Morgan fingerprint density at radius 3 is 2.75 bits per heavy atom. The van der Waals surface area contributed by atoms with Gasteiger partial charge >= 0.3 is 0 Å². The summed E-state index contributed by atoms with van der Waals surface area (Å²) in [6.07, 6.45) is 0. The van der Waals surface area contributed by atoms with Crippen LogP contribution in [0, 0.1) is 0 Å². The Hall–Kier alpha value is -2.58. The number of amides is 1. The average molecular weight is 348 g/mol. The third kappa shape index (κ3) is 2.59. The molecule has 0 aromatic carbocycles. The quantitative estimate of drug-likeness (QED) is 0.757. The van der Waals surface area contributed by atoms with E-state index >= 15 is 0 Å². The lowest BCUT2D eigenvalue weighted by Crippen LogP contribution is -2.40. The molecule has 0 unspecified atom stereocenters. The van der Waals surface area contributed by atoms with Gasteiger partial charge in [-0.05, 0) is 35.9 Å². The molecule has 8 nitrogen and oxygen atoms in total. The number of aromatic nitrogens is 3. The zero-order chi connectivity index (χ0) is 16.7. The van der Waals surface area contributed by atoms with E-state index in [-0.39, 0.29) is 11.1 Å². The molecule has 0 spiro atoms. The Labute approximate surface area is 141 Å². The highest BCUT2D eigenvalue weighted by Gasteiger charge is 2.21. The summed E-state index contributed by atoms with van der Waals surface area (Å²) in [7, 11) is 0. The maximum absolute atomic E-state index is 12.6. The highest BCUT2D eigenvalue weighted by atomic mass is 35.5. The number of rotatable bonds is 2. The van der Waals surface area contributed by atoms with E-state index in [1.165, 1.54) is 4.52 Å². The van der Waals surface area contributed by atoms with E-state index in [4.69, 9.17) is 26.5 Å². The summed E-state index contributed by atoms with van der Waals surface area (Å²) < 4.78 is 12.0. The van der Waals surface area contributed by atoms with Gasteiger partial charge in [0.2, 0.25) is 5.82 Å². The van der Waals surface area contributed by atoms with Gasteiger partial charge in [-0.15, -0.1) is 5.10 Å². The zero-order valence-electron chi connectivity index (χ0n) is 12.6. The molecule has 1 aliphatic rings. The van der Waals surface area contributed by atoms with Crippen molar-refractivity contribution in [2.75, 3.05) is 32.0 Å². The Kier molecular flexibility index (Phi) is 3.62. The highest BCUT2D eigenvalue weighted by Crippen LogP contribution is 2.24. The summed E-state index contributed by atoms with van der Waals surface area (Å²) in [5.41, 5.74) is 6.97. The molecule has 1 amide bonds. The van der Waals surface area contributed by atoms with E-state index < -0.39 is 0 Å². The number of halogens is 1. The van der Waals surface area contributed by atoms with Gasteiger partial charge in [-0.1, -0.05) is 0 Å². The largest absolute Gasteiger partial charge is 0.441 e. The van der Waals surface area contributed by atoms with Crippen molar-refractivity contribution in [3.05, 3.63) is 35.0 Å². The lowest BCUT2D eigenvalue weighted by atomic mass is 10.2. The number of nitrogens with zero attached hydrogens (tertiary/aromatic N) is 4. The van der Waals surface area contributed by atoms with Gasteiger partial charge in [0.1, 0.15) is 5.82 Å². The van der Waals surface area contributed by atoms with Crippen LogP contribution in [-0.4, -0.2) is 51.7 Å². The number of furan rings is 1. The maximum atomic E-state index is 12.6. The van der Waals surface area contributed by atoms with Crippen molar-refractivity contribution in [1.29, 1.82) is 0 Å². The maximum Gasteiger partial charge on any atom is 0.254 e. The average Bonchev–Trinajstić information content (AvgIpc) is 3.21. The van der Waals surface area contributed by atoms with Gasteiger partial charge in [0.25, 0.3) is 5.91 Å². The lowest BCUT2D eigenvalue weighted by molar-refractivity contribution is 0.0303. The predicted octanol–water partition coefficient (Wildman–Crippen LogP) is 1.70. The van der Waals surface area contributed by atoms with Crippen molar-refractivity contribution in [2.24, 2.45) is 0 Å². The van der Waals surface area contributed by atoms with Gasteiger partial charge in [-0.3, -0.25) is 4.79 Å². The van der Waals surface area contributed by atoms with Crippen molar-refractivity contribution in [3.8, 4) is 11.6 Å². The Balaban J connectivity index is 1.72. The molecular formula is C15H14ClN5O3. The minimum absolute atomic E-state index is 0.0990. The number of nitrogens with two attached hydrogens (primary N) is 1. The molecule has 0 atom stereocenters. The Morgan fingerprint density at radius 1 is 1.25 bits per heavy atom. The molecule has 0 bridgehead atoms. The molecule has 24 heavy (non-hydrogen) atoms. The fourth-order valence-electron chi connectivity index (χ4n) is 2.62. The summed E-state index contributed by atoms with van der Waals surface area (Å²) in [4.78, 5) is 18.7. The number of hydrogen-bond donors (Lipinski definition) is 1. The molecule has 4 rings (SSSR count). The van der Waals surface area contributed by atoms with Crippen LogP contribution >= 0.6 is 11.6 Å². The fraction of sp³-hybridized carbons (Fsp3) is 0.267. The summed E-state index contributed by atoms with van der Waals surface area (Å²) >= 11 is 5.78. The van der Waals surface area contributed by atoms with Crippen LogP contribution in [0.4, 0.5) is 5.82 Å². The van der Waals surface area contributed by atoms with Crippen molar-refractivity contribution in [1.82, 2.24) is 19.5 Å². The first-order valence-electron chi connectivity index (χ1n) is 7.41. The Morgan fingerprint density at radius 2 is 2.04 bits per heavy atom. The number of carbonyl (C=O) groups is 1. The first kappa shape index (κ1) is 15.0. The van der Waals surface area contributed by atoms with E-state index in [0.717, 1.165) is 0 Å². The van der Waals surface area contributed by atoms with Crippen molar-refractivity contribution in [3.63, 3.8) is 0 Å². The minimum atomic E-state index is -0.0990. The normalized spacial score (nSPS) is 15.1. The van der Waals surface area contributed by atoms with Crippen LogP contribution in [0.15, 0.2) is 28.7 Å². The lowest BCUT2D eigenvalue weighted by Gasteiger charge is -2.26. The summed E-state index contributed by atoms with van der Waals surface area (Å²) in [6.45, 7) is 2.20. The number of morpholine rings is 1. The smallest absolute Gasteiger partial charge is 0.254 e. The molecule has 2 N–H and O–H groups in total. The SMILES string of the molecule is Nc1cc(C(=O)N2CCOCC2)cc2nc(-c3ccc(Cl)o3)nn12. The van der Waals surface area contributed by atoms with Crippen molar-refractivity contribution in [2.45, 2.75) is 0 Å². The number of fused-ring (bicyclic) bond motifs is 1. The summed E-state index contributed by atoms with van der Waals surface area (Å²) in [5.74, 6) is 1.01. The van der Waals surface area contributed by atoms with Crippen LogP contribution in [0.25, 0.3) is 17.2 Å². The first-order chi connectivity index (χ1) is 11.6. The molecule has 3 aromatic heterocycles. The van der Waals surface area contributed by atoms with Gasteiger partial charge in [-0.2, -0.15) is 4.52 Å². The number of pyridine rings is 1. The number of ether oxygens (including phenoxy) is 1. The van der Waals surface area contributed by atoms with Gasteiger partial charge in [0.15, 0.2) is 16.6 Å². The fourth-order valence-corrected chi connectivity index (χ4v) is 2.77. The van der Waals surface area contributed by atoms with E-state index in [2.05, 4.69) is 10.1 Å². The number of nitrogen functional groups attached to an aromatic ring is 1. The van der Waals surface area contributed by atoms with E-state index in [1.54, 1.807) is 29.2 Å². The van der Waals surface area contributed by atoms with Gasteiger partial charge in [0, 0.05) is 18.7 Å². The summed E-state index contributed by atoms with van der Waals surface area (Å²) in [6, 6.07) is 6.54. The molecular weight excluding hydrogens is 334 g/mol. The second-order valence-corrected chi connectivity index (χ2v) is 5.76. The molecule has 1 fully saturated rings. The molecule has 1 saturated heterocycles. The molecule has 9 heteroatoms. The van der Waals surface area contributed by atoms with Crippen molar-refractivity contribution < 1.29 is 13.9 Å². The van der Waals surface area contributed by atoms with Crippen LogP contribution in [0.3, 0.4) is 0 Å². The molecule has 1 aliphatic heterocycles. The number of anilines is 1. The summed E-state index contributed by atoms with van der Waals surface area (Å²) in [5, 5.41) is 4.54. The standard InChI is InChI=1S/C15H14ClN5O3/c16-11-2-1-10(24-11)14-18-13-8-9(7-12(17)21(13)19-14)15(22)20-3-5-23-6-4-20/h1-2,7-8H,3-6,17H2. The second-order valence-electron chi connectivity index (χ2n) is 5.38. The van der Waals surface area contributed by atoms with Crippen LogP contribution in [0.5, 0.6) is 0 Å². The number of hydrogen-bond acceptors (Lipinski definition) is 6. The molecule has 3 aromatic rings. The van der Waals surface area contributed by atoms with Crippen LogP contribution in [-0.2, 0) is 4.74 Å². The molecule has 0 radical (unpaired) electrons. The molecule has 4 heterocycles. The van der Waals surface area contributed by atoms with Gasteiger partial charge < -0.3 is 19.8 Å². The minimum Gasteiger partial charge on any atom is -0.441 e. The number of carbonyl (C=O) groups excluding carboxylic acids is 1. The second kappa shape index (κ2) is 5.81. The van der Waals surface area contributed by atoms with E-state index in [9.17, 15) is 4.79 Å². The van der Waals surface area contributed by atoms with Crippen LogP contribution < -0.4 is 5.73 Å². The third-order valence-corrected chi connectivity index (χ3v) is 4.01. The van der Waals surface area contributed by atoms with Crippen LogP contribution in [0.1, 0.15) is 10.4 Å². The highest BCUT2D eigenvalue weighted by molar-refractivity contribution is 6.28. The van der Waals surface area contributed by atoms with Gasteiger partial charge in [-0.25, -0.2) is 4.98 Å².